The second-order valence-corrected chi connectivity index (χ2v) is 5.58. The minimum Gasteiger partial charge on any atom is -0.309 e. The van der Waals surface area contributed by atoms with Crippen molar-refractivity contribution in [3.05, 3.63) is 29.8 Å². The van der Waals surface area contributed by atoms with Crippen LogP contribution in [0.2, 0.25) is 0 Å². The first-order chi connectivity index (χ1) is 9.11. The van der Waals surface area contributed by atoms with Crippen molar-refractivity contribution < 1.29 is 4.39 Å². The van der Waals surface area contributed by atoms with Crippen molar-refractivity contribution in [3.8, 4) is 0 Å². The maximum atomic E-state index is 13.0. The van der Waals surface area contributed by atoms with Crippen molar-refractivity contribution >= 4 is 0 Å². The third kappa shape index (κ3) is 3.98. The molecule has 0 bridgehead atoms. The van der Waals surface area contributed by atoms with E-state index in [1.54, 1.807) is 6.07 Å². The van der Waals surface area contributed by atoms with Crippen LogP contribution in [0.4, 0.5) is 4.39 Å². The number of pyridine rings is 1. The van der Waals surface area contributed by atoms with Gasteiger partial charge in [0.2, 0.25) is 0 Å². The van der Waals surface area contributed by atoms with Crippen molar-refractivity contribution in [1.29, 1.82) is 0 Å². The number of aromatic nitrogens is 1. The van der Waals surface area contributed by atoms with Crippen LogP contribution in [-0.4, -0.2) is 36.1 Å². The van der Waals surface area contributed by atoms with Crippen LogP contribution in [0.5, 0.6) is 0 Å². The molecule has 3 nitrogen and oxygen atoms in total. The smallest absolute Gasteiger partial charge is 0.141 e. The van der Waals surface area contributed by atoms with Crippen LogP contribution in [0.25, 0.3) is 0 Å². The fraction of sp³-hybridized carbons (Fsp3) is 0.667. The molecule has 0 saturated heterocycles. The predicted molar refractivity (Wildman–Crippen MR) is 75.4 cm³/mol. The molecule has 1 heterocycles. The van der Waals surface area contributed by atoms with E-state index in [-0.39, 0.29) is 11.9 Å². The highest BCUT2D eigenvalue weighted by atomic mass is 19.1. The first-order valence-corrected chi connectivity index (χ1v) is 7.17. The lowest BCUT2D eigenvalue weighted by atomic mass is 9.97. The summed E-state index contributed by atoms with van der Waals surface area (Å²) >= 11 is 0. The van der Waals surface area contributed by atoms with Crippen LogP contribution in [0.1, 0.15) is 38.4 Å². The van der Waals surface area contributed by atoms with Gasteiger partial charge >= 0.3 is 0 Å². The molecule has 2 unspecified atom stereocenters. The molecule has 106 valence electrons. The molecule has 1 aliphatic rings. The summed E-state index contributed by atoms with van der Waals surface area (Å²) in [5.41, 5.74) is 0.931. The Bertz CT molecular complexity index is 389. The molecule has 1 aliphatic carbocycles. The zero-order valence-electron chi connectivity index (χ0n) is 12.1. The van der Waals surface area contributed by atoms with Crippen molar-refractivity contribution in [2.45, 2.75) is 38.8 Å². The van der Waals surface area contributed by atoms with Crippen LogP contribution in [0.15, 0.2) is 18.3 Å². The molecule has 1 saturated carbocycles. The van der Waals surface area contributed by atoms with Crippen LogP contribution in [0, 0.1) is 11.7 Å². The Morgan fingerprint density at radius 2 is 2.21 bits per heavy atom. The number of hydrogen-bond donors (Lipinski definition) is 1. The van der Waals surface area contributed by atoms with Crippen molar-refractivity contribution in [2.24, 2.45) is 5.92 Å². The molecular weight excluding hydrogens is 241 g/mol. The Labute approximate surface area is 115 Å². The molecule has 0 aliphatic heterocycles. The van der Waals surface area contributed by atoms with E-state index >= 15 is 0 Å². The minimum atomic E-state index is -0.276. The molecule has 19 heavy (non-hydrogen) atoms. The van der Waals surface area contributed by atoms with Crippen molar-refractivity contribution in [2.75, 3.05) is 20.1 Å². The zero-order valence-corrected chi connectivity index (χ0v) is 12.1. The number of nitrogens with zero attached hydrogens (tertiary/aromatic N) is 2. The summed E-state index contributed by atoms with van der Waals surface area (Å²) < 4.78 is 13.0. The Morgan fingerprint density at radius 1 is 1.47 bits per heavy atom. The molecule has 4 heteroatoms. The first-order valence-electron chi connectivity index (χ1n) is 7.17. The monoisotopic (exact) mass is 265 g/mol. The zero-order chi connectivity index (χ0) is 13.8. The van der Waals surface area contributed by atoms with E-state index in [0.717, 1.165) is 24.8 Å². The Morgan fingerprint density at radius 3 is 2.74 bits per heavy atom. The third-order valence-corrected chi connectivity index (χ3v) is 3.81. The third-order valence-electron chi connectivity index (χ3n) is 3.81. The fourth-order valence-electron chi connectivity index (χ4n) is 2.61. The summed E-state index contributed by atoms with van der Waals surface area (Å²) in [4.78, 5) is 6.66. The summed E-state index contributed by atoms with van der Waals surface area (Å²) in [6.45, 7) is 6.26. The number of rotatable bonds is 7. The van der Waals surface area contributed by atoms with Crippen LogP contribution in [0.3, 0.4) is 0 Å². The van der Waals surface area contributed by atoms with Crippen LogP contribution >= 0.6 is 0 Å². The second kappa shape index (κ2) is 6.44. The quantitative estimate of drug-likeness (QED) is 0.821. The van der Waals surface area contributed by atoms with E-state index in [1.807, 2.05) is 0 Å². The molecule has 1 N–H and O–H groups in total. The lowest BCUT2D eigenvalue weighted by Gasteiger charge is -2.28. The van der Waals surface area contributed by atoms with E-state index in [4.69, 9.17) is 0 Å². The average Bonchev–Trinajstić information content (AvgIpc) is 3.21. The van der Waals surface area contributed by atoms with E-state index < -0.39 is 0 Å². The molecule has 0 spiro atoms. The van der Waals surface area contributed by atoms with Crippen molar-refractivity contribution in [3.63, 3.8) is 0 Å². The van der Waals surface area contributed by atoms with Crippen molar-refractivity contribution in [1.82, 2.24) is 15.2 Å². The van der Waals surface area contributed by atoms with Gasteiger partial charge < -0.3 is 10.2 Å². The van der Waals surface area contributed by atoms with Gasteiger partial charge in [-0.3, -0.25) is 4.98 Å². The standard InChI is InChI=1S/C15H24FN3/c1-4-17-15(14-8-5-12(16)9-18-14)11(2)10-19(3)13-6-7-13/h5,8-9,11,13,15,17H,4,6-7,10H2,1-3H3. The molecule has 1 fully saturated rings. The highest BCUT2D eigenvalue weighted by Gasteiger charge is 2.29. The van der Waals surface area contributed by atoms with E-state index in [0.29, 0.717) is 5.92 Å². The summed E-state index contributed by atoms with van der Waals surface area (Å²) in [6.07, 6.45) is 3.95. The SMILES string of the molecule is CCNC(c1ccc(F)cn1)C(C)CN(C)C1CC1. The fourth-order valence-corrected chi connectivity index (χ4v) is 2.61. The molecule has 1 aromatic rings. The van der Waals surface area contributed by atoms with Gasteiger partial charge in [0.15, 0.2) is 0 Å². The van der Waals surface area contributed by atoms with Gasteiger partial charge in [-0.2, -0.15) is 0 Å². The van der Waals surface area contributed by atoms with Gasteiger partial charge in [0.25, 0.3) is 0 Å². The summed E-state index contributed by atoms with van der Waals surface area (Å²) in [5, 5.41) is 3.47. The van der Waals surface area contributed by atoms with Gasteiger partial charge in [0.1, 0.15) is 5.82 Å². The van der Waals surface area contributed by atoms with Gasteiger partial charge in [-0.15, -0.1) is 0 Å². The second-order valence-electron chi connectivity index (χ2n) is 5.58. The van der Waals surface area contributed by atoms with Gasteiger partial charge in [0.05, 0.1) is 17.9 Å². The Kier molecular flexibility index (Phi) is 4.88. The van der Waals surface area contributed by atoms with Gasteiger partial charge in [-0.25, -0.2) is 4.39 Å². The first kappa shape index (κ1) is 14.4. The molecule has 2 rings (SSSR count). The Hall–Kier alpha value is -1.00. The van der Waals surface area contributed by atoms with Crippen LogP contribution < -0.4 is 5.32 Å². The summed E-state index contributed by atoms with van der Waals surface area (Å²) in [5.74, 6) is 0.172. The normalized spacial score (nSPS) is 18.6. The Balaban J connectivity index is 2.02. The highest BCUT2D eigenvalue weighted by molar-refractivity contribution is 5.11. The maximum Gasteiger partial charge on any atom is 0.141 e. The molecule has 1 aromatic heterocycles. The van der Waals surface area contributed by atoms with E-state index in [9.17, 15) is 4.39 Å². The average molecular weight is 265 g/mol. The van der Waals surface area contributed by atoms with E-state index in [1.165, 1.54) is 25.1 Å². The topological polar surface area (TPSA) is 28.2 Å². The van der Waals surface area contributed by atoms with Crippen LogP contribution in [-0.2, 0) is 0 Å². The minimum absolute atomic E-state index is 0.187. The highest BCUT2D eigenvalue weighted by Crippen LogP contribution is 2.28. The summed E-state index contributed by atoms with van der Waals surface area (Å²) in [7, 11) is 2.19. The summed E-state index contributed by atoms with van der Waals surface area (Å²) in [6, 6.07) is 4.23. The maximum absolute atomic E-state index is 13.0. The molecular formula is C15H24FN3. The van der Waals surface area contributed by atoms with Gasteiger partial charge in [-0.1, -0.05) is 13.8 Å². The lowest BCUT2D eigenvalue weighted by Crippen LogP contribution is -2.35. The number of hydrogen-bond acceptors (Lipinski definition) is 3. The number of halogens is 1. The molecule has 2 atom stereocenters. The lowest BCUT2D eigenvalue weighted by molar-refractivity contribution is 0.238. The predicted octanol–water partition coefficient (Wildman–Crippen LogP) is 2.60. The van der Waals surface area contributed by atoms with E-state index in [2.05, 4.69) is 36.1 Å². The van der Waals surface area contributed by atoms with Gasteiger partial charge in [0, 0.05) is 12.6 Å². The molecule has 0 aromatic carbocycles. The van der Waals surface area contributed by atoms with Gasteiger partial charge in [-0.05, 0) is 44.5 Å². The molecule has 0 amide bonds. The number of nitrogens with one attached hydrogen (secondary N) is 1. The largest absolute Gasteiger partial charge is 0.309 e. The molecule has 0 radical (unpaired) electrons.